The number of hydrogen-bond donors (Lipinski definition) is 2. The zero-order valence-corrected chi connectivity index (χ0v) is 21.3. The second-order valence-corrected chi connectivity index (χ2v) is 11.5. The summed E-state index contributed by atoms with van der Waals surface area (Å²) in [5, 5.41) is 11.9. The van der Waals surface area contributed by atoms with E-state index >= 15 is 0 Å². The van der Waals surface area contributed by atoms with E-state index in [0.29, 0.717) is 23.2 Å². The van der Waals surface area contributed by atoms with Gasteiger partial charge >= 0.3 is 6.09 Å². The number of benzene rings is 2. The Hall–Kier alpha value is -3.59. The molecule has 8 nitrogen and oxygen atoms in total. The standard InChI is InChI=1S/C26H31N3O5S/c1-26(2,3)23(27-25(31)32)15-18-14-22(19-10-7-6-8-11-19)29(17-18)35(33,34)21-13-9-12-20(16-21)24(30)28(4)5/h6-14,16-17,23,27H,15H2,1-5H3,(H,31,32). The lowest BCUT2D eigenvalue weighted by Gasteiger charge is -2.30. The summed E-state index contributed by atoms with van der Waals surface area (Å²) in [6, 6.07) is 16.4. The molecule has 186 valence electrons. The van der Waals surface area contributed by atoms with Crippen LogP contribution >= 0.6 is 0 Å². The Morgan fingerprint density at radius 1 is 1.03 bits per heavy atom. The minimum absolute atomic E-state index is 0.0134. The minimum atomic E-state index is -4.06. The molecule has 0 saturated heterocycles. The third kappa shape index (κ3) is 5.92. The first-order valence-electron chi connectivity index (χ1n) is 11.1. The number of nitrogens with one attached hydrogen (secondary N) is 1. The lowest BCUT2D eigenvalue weighted by molar-refractivity contribution is 0.0827. The summed E-state index contributed by atoms with van der Waals surface area (Å²) >= 11 is 0. The van der Waals surface area contributed by atoms with Gasteiger partial charge in [-0.1, -0.05) is 57.2 Å². The summed E-state index contributed by atoms with van der Waals surface area (Å²) in [6.07, 6.45) is 0.695. The molecule has 35 heavy (non-hydrogen) atoms. The first kappa shape index (κ1) is 26.0. The maximum absolute atomic E-state index is 13.8. The Kier molecular flexibility index (Phi) is 7.40. The Morgan fingerprint density at radius 2 is 1.69 bits per heavy atom. The van der Waals surface area contributed by atoms with Gasteiger partial charge in [0.05, 0.1) is 10.6 Å². The molecule has 1 heterocycles. The fraction of sp³-hybridized carbons (Fsp3) is 0.308. The quantitative estimate of drug-likeness (QED) is 0.505. The van der Waals surface area contributed by atoms with E-state index in [1.165, 1.54) is 27.2 Å². The van der Waals surface area contributed by atoms with Gasteiger partial charge in [-0.2, -0.15) is 0 Å². The van der Waals surface area contributed by atoms with E-state index in [1.807, 2.05) is 51.1 Å². The molecule has 3 aromatic rings. The van der Waals surface area contributed by atoms with Gasteiger partial charge in [-0.05, 0) is 47.2 Å². The molecule has 1 unspecified atom stereocenters. The van der Waals surface area contributed by atoms with Crippen LogP contribution in [0.4, 0.5) is 4.79 Å². The van der Waals surface area contributed by atoms with E-state index in [2.05, 4.69) is 5.32 Å². The van der Waals surface area contributed by atoms with Gasteiger partial charge in [0.2, 0.25) is 0 Å². The second kappa shape index (κ2) is 9.95. The molecule has 0 radical (unpaired) electrons. The minimum Gasteiger partial charge on any atom is -0.465 e. The molecule has 0 aliphatic rings. The molecule has 0 aliphatic heterocycles. The summed E-state index contributed by atoms with van der Waals surface area (Å²) in [7, 11) is -0.857. The number of rotatable bonds is 7. The van der Waals surface area contributed by atoms with Gasteiger partial charge in [0.25, 0.3) is 15.9 Å². The number of carbonyl (C=O) groups is 2. The van der Waals surface area contributed by atoms with E-state index < -0.39 is 27.6 Å². The van der Waals surface area contributed by atoms with Gasteiger partial charge in [0, 0.05) is 31.9 Å². The maximum atomic E-state index is 13.8. The van der Waals surface area contributed by atoms with Crippen molar-refractivity contribution in [2.45, 2.75) is 38.1 Å². The van der Waals surface area contributed by atoms with E-state index in [-0.39, 0.29) is 16.4 Å². The zero-order chi connectivity index (χ0) is 26.0. The van der Waals surface area contributed by atoms with Crippen molar-refractivity contribution in [2.24, 2.45) is 5.41 Å². The molecule has 0 aliphatic carbocycles. The maximum Gasteiger partial charge on any atom is 0.404 e. The van der Waals surface area contributed by atoms with Crippen molar-refractivity contribution in [3.05, 3.63) is 78.0 Å². The van der Waals surface area contributed by atoms with Crippen molar-refractivity contribution in [3.8, 4) is 11.3 Å². The number of amides is 2. The van der Waals surface area contributed by atoms with E-state index in [0.717, 1.165) is 0 Å². The summed E-state index contributed by atoms with van der Waals surface area (Å²) in [4.78, 5) is 25.2. The smallest absolute Gasteiger partial charge is 0.404 e. The molecule has 0 bridgehead atoms. The van der Waals surface area contributed by atoms with Crippen LogP contribution in [0.5, 0.6) is 0 Å². The SMILES string of the molecule is CN(C)C(=O)c1cccc(S(=O)(=O)n2cc(CC(NC(=O)O)C(C)(C)C)cc2-c2ccccc2)c1. The Labute approximate surface area is 206 Å². The van der Waals surface area contributed by atoms with Crippen molar-refractivity contribution in [2.75, 3.05) is 14.1 Å². The summed E-state index contributed by atoms with van der Waals surface area (Å²) in [6.45, 7) is 5.77. The van der Waals surface area contributed by atoms with Crippen molar-refractivity contribution >= 4 is 22.0 Å². The Morgan fingerprint density at radius 3 is 2.26 bits per heavy atom. The third-order valence-corrected chi connectivity index (χ3v) is 7.41. The lowest BCUT2D eigenvalue weighted by atomic mass is 9.83. The molecule has 2 amide bonds. The highest BCUT2D eigenvalue weighted by atomic mass is 32.2. The van der Waals surface area contributed by atoms with E-state index in [1.54, 1.807) is 32.3 Å². The molecule has 2 N–H and O–H groups in total. The summed E-state index contributed by atoms with van der Waals surface area (Å²) in [5.74, 6) is -0.300. The van der Waals surface area contributed by atoms with Crippen molar-refractivity contribution in [1.29, 1.82) is 0 Å². The summed E-state index contributed by atoms with van der Waals surface area (Å²) in [5.41, 5.74) is 1.69. The number of carboxylic acid groups (broad SMARTS) is 1. The summed E-state index contributed by atoms with van der Waals surface area (Å²) < 4.78 is 28.8. The average molecular weight is 498 g/mol. The van der Waals surface area contributed by atoms with Crippen LogP contribution in [-0.2, 0) is 16.4 Å². The van der Waals surface area contributed by atoms with Crippen LogP contribution in [0, 0.1) is 5.41 Å². The molecule has 2 aromatic carbocycles. The van der Waals surface area contributed by atoms with Gasteiger partial charge in [-0.15, -0.1) is 0 Å². The van der Waals surface area contributed by atoms with Gasteiger partial charge in [-0.3, -0.25) is 4.79 Å². The van der Waals surface area contributed by atoms with Crippen LogP contribution in [0.15, 0.2) is 71.8 Å². The molecule has 0 fully saturated rings. The first-order valence-corrected chi connectivity index (χ1v) is 12.6. The van der Waals surface area contributed by atoms with Gasteiger partial charge in [0.1, 0.15) is 0 Å². The number of carbonyl (C=O) groups excluding carboxylic acids is 1. The normalized spacial score (nSPS) is 12.7. The van der Waals surface area contributed by atoms with Gasteiger partial charge in [-0.25, -0.2) is 17.2 Å². The van der Waals surface area contributed by atoms with Crippen LogP contribution in [-0.4, -0.2) is 54.5 Å². The van der Waals surface area contributed by atoms with Crippen molar-refractivity contribution < 1.29 is 23.1 Å². The molecular formula is C26H31N3O5S. The van der Waals surface area contributed by atoms with E-state index in [9.17, 15) is 23.1 Å². The predicted molar refractivity (Wildman–Crippen MR) is 135 cm³/mol. The highest BCUT2D eigenvalue weighted by Crippen LogP contribution is 2.30. The molecule has 1 atom stereocenters. The zero-order valence-electron chi connectivity index (χ0n) is 20.5. The molecular weight excluding hydrogens is 466 g/mol. The van der Waals surface area contributed by atoms with E-state index in [4.69, 9.17) is 0 Å². The van der Waals surface area contributed by atoms with Crippen LogP contribution < -0.4 is 5.32 Å². The van der Waals surface area contributed by atoms with Gasteiger partial charge < -0.3 is 15.3 Å². The molecule has 1 aromatic heterocycles. The van der Waals surface area contributed by atoms with Crippen LogP contribution in [0.2, 0.25) is 0 Å². The predicted octanol–water partition coefficient (Wildman–Crippen LogP) is 4.32. The monoisotopic (exact) mass is 497 g/mol. The average Bonchev–Trinajstić information content (AvgIpc) is 3.23. The topological polar surface area (TPSA) is 109 Å². The lowest BCUT2D eigenvalue weighted by Crippen LogP contribution is -2.44. The molecule has 3 rings (SSSR count). The van der Waals surface area contributed by atoms with Crippen molar-refractivity contribution in [3.63, 3.8) is 0 Å². The number of hydrogen-bond acceptors (Lipinski definition) is 4. The molecule has 0 spiro atoms. The van der Waals surface area contributed by atoms with Crippen LogP contribution in [0.1, 0.15) is 36.7 Å². The van der Waals surface area contributed by atoms with Gasteiger partial charge in [0.15, 0.2) is 0 Å². The fourth-order valence-electron chi connectivity index (χ4n) is 3.75. The highest BCUT2D eigenvalue weighted by Gasteiger charge is 2.29. The van der Waals surface area contributed by atoms with Crippen LogP contribution in [0.3, 0.4) is 0 Å². The molecule has 0 saturated carbocycles. The number of nitrogens with zero attached hydrogens (tertiary/aromatic N) is 2. The first-order chi connectivity index (χ1) is 16.3. The van der Waals surface area contributed by atoms with Crippen LogP contribution in [0.25, 0.3) is 11.3 Å². The number of aromatic nitrogens is 1. The largest absolute Gasteiger partial charge is 0.465 e. The fourth-order valence-corrected chi connectivity index (χ4v) is 5.19. The van der Waals surface area contributed by atoms with Crippen molar-refractivity contribution in [1.82, 2.24) is 14.2 Å². The Balaban J connectivity index is 2.13. The Bertz CT molecular complexity index is 1320. The highest BCUT2D eigenvalue weighted by molar-refractivity contribution is 7.90. The second-order valence-electron chi connectivity index (χ2n) is 9.70. The molecule has 9 heteroatoms. The third-order valence-electron chi connectivity index (χ3n) is 5.74.